The van der Waals surface area contributed by atoms with E-state index in [1.54, 1.807) is 46.2 Å². The molecule has 0 amide bonds. The largest absolute Gasteiger partial charge is 0.384 e. The molecule has 0 radical (unpaired) electrons. The van der Waals surface area contributed by atoms with Crippen molar-refractivity contribution in [1.29, 1.82) is 5.26 Å². The molecule has 2 heterocycles. The van der Waals surface area contributed by atoms with Gasteiger partial charge < -0.3 is 5.73 Å². The van der Waals surface area contributed by atoms with Crippen LogP contribution in [0.3, 0.4) is 0 Å². The third-order valence-electron chi connectivity index (χ3n) is 5.72. The molecule has 1 aliphatic carbocycles. The van der Waals surface area contributed by atoms with E-state index in [9.17, 15) is 14.4 Å². The van der Waals surface area contributed by atoms with Crippen LogP contribution in [-0.2, 0) is 4.79 Å². The van der Waals surface area contributed by atoms with E-state index in [2.05, 4.69) is 13.0 Å². The van der Waals surface area contributed by atoms with Gasteiger partial charge in [-0.25, -0.2) is 4.39 Å². The molecule has 1 aliphatic heterocycles. The molecule has 0 saturated heterocycles. The number of thiophene rings is 1. The van der Waals surface area contributed by atoms with Crippen LogP contribution >= 0.6 is 23.1 Å². The van der Waals surface area contributed by atoms with Crippen LogP contribution in [0, 0.1) is 22.6 Å². The highest BCUT2D eigenvalue weighted by Gasteiger charge is 2.45. The van der Waals surface area contributed by atoms with Gasteiger partial charge in [-0.15, -0.1) is 23.1 Å². The summed E-state index contributed by atoms with van der Waals surface area (Å²) in [7, 11) is 0. The predicted octanol–water partition coefficient (Wildman–Crippen LogP) is 5.94. The lowest BCUT2D eigenvalue weighted by Crippen LogP contribution is -2.42. The average Bonchev–Trinajstić information content (AvgIpc) is 3.15. The molecular weight excluding hydrogens is 429 g/mol. The Morgan fingerprint density at radius 3 is 2.74 bits per heavy atom. The Morgan fingerprint density at radius 2 is 2.06 bits per heavy atom. The van der Waals surface area contributed by atoms with Gasteiger partial charge in [-0.2, -0.15) is 5.26 Å². The second-order valence-electron chi connectivity index (χ2n) is 8.53. The minimum absolute atomic E-state index is 0.00325. The molecule has 7 heteroatoms. The van der Waals surface area contributed by atoms with Crippen LogP contribution in [0.25, 0.3) is 0 Å². The van der Waals surface area contributed by atoms with Crippen LogP contribution in [0.4, 0.5) is 10.1 Å². The summed E-state index contributed by atoms with van der Waals surface area (Å²) >= 11 is 3.30. The lowest BCUT2D eigenvalue weighted by atomic mass is 9.69. The van der Waals surface area contributed by atoms with E-state index in [4.69, 9.17) is 5.73 Å². The molecule has 1 aromatic carbocycles. The van der Waals surface area contributed by atoms with Crippen molar-refractivity contribution in [2.45, 2.75) is 43.7 Å². The first-order valence-electron chi connectivity index (χ1n) is 10.2. The second-order valence-corrected chi connectivity index (χ2v) is 11.0. The number of carbonyl (C=O) groups excluding carboxylic acids is 1. The van der Waals surface area contributed by atoms with Gasteiger partial charge in [0.25, 0.3) is 0 Å². The summed E-state index contributed by atoms with van der Waals surface area (Å²) in [5.41, 5.74) is 9.04. The predicted molar refractivity (Wildman–Crippen MR) is 124 cm³/mol. The van der Waals surface area contributed by atoms with Crippen molar-refractivity contribution in [2.24, 2.45) is 11.1 Å². The summed E-state index contributed by atoms with van der Waals surface area (Å²) in [6, 6.07) is 10.6. The molecule has 0 fully saturated rings. The Morgan fingerprint density at radius 1 is 1.32 bits per heavy atom. The van der Waals surface area contributed by atoms with Gasteiger partial charge in [0, 0.05) is 17.7 Å². The van der Waals surface area contributed by atoms with Crippen LogP contribution in [0.1, 0.15) is 45.1 Å². The van der Waals surface area contributed by atoms with Gasteiger partial charge >= 0.3 is 0 Å². The number of anilines is 1. The molecule has 2 aliphatic rings. The van der Waals surface area contributed by atoms with Crippen molar-refractivity contribution < 1.29 is 9.18 Å². The minimum Gasteiger partial charge on any atom is -0.384 e. The summed E-state index contributed by atoms with van der Waals surface area (Å²) in [6.07, 6.45) is 0.950. The number of hydrogen-bond acceptors (Lipinski definition) is 6. The van der Waals surface area contributed by atoms with Crippen molar-refractivity contribution in [2.75, 3.05) is 10.7 Å². The number of carbonyl (C=O) groups is 1. The third-order valence-corrected chi connectivity index (χ3v) is 7.87. The Kier molecular flexibility index (Phi) is 5.71. The van der Waals surface area contributed by atoms with Crippen LogP contribution in [0.2, 0.25) is 0 Å². The number of nitrogens with zero attached hydrogens (tertiary/aromatic N) is 2. The maximum atomic E-state index is 14.9. The van der Waals surface area contributed by atoms with E-state index in [1.165, 1.54) is 6.07 Å². The minimum atomic E-state index is -0.521. The first kappa shape index (κ1) is 21.7. The Hall–Kier alpha value is -2.56. The Balaban J connectivity index is 2.01. The number of para-hydroxylation sites is 1. The highest BCUT2D eigenvalue weighted by Crippen LogP contribution is 2.52. The number of halogens is 1. The summed E-state index contributed by atoms with van der Waals surface area (Å²) in [5, 5.41) is 12.1. The van der Waals surface area contributed by atoms with Gasteiger partial charge in [-0.1, -0.05) is 32.9 Å². The zero-order valence-electron chi connectivity index (χ0n) is 17.7. The van der Waals surface area contributed by atoms with E-state index >= 15 is 0 Å². The zero-order chi connectivity index (χ0) is 22.3. The number of benzene rings is 1. The van der Waals surface area contributed by atoms with Crippen molar-refractivity contribution in [3.63, 3.8) is 0 Å². The molecule has 0 unspecified atom stereocenters. The number of thioether (sulfide) groups is 1. The molecule has 1 atom stereocenters. The first-order valence-corrected chi connectivity index (χ1v) is 12.1. The molecule has 1 aromatic heterocycles. The molecule has 31 heavy (non-hydrogen) atoms. The van der Waals surface area contributed by atoms with Crippen LogP contribution in [-0.4, -0.2) is 11.5 Å². The Bertz CT molecular complexity index is 1160. The fourth-order valence-corrected chi connectivity index (χ4v) is 6.56. The quantitative estimate of drug-likeness (QED) is 0.580. The monoisotopic (exact) mass is 453 g/mol. The van der Waals surface area contributed by atoms with Crippen LogP contribution in [0.5, 0.6) is 0 Å². The average molecular weight is 454 g/mol. The standard InChI is InChI=1S/C24H24FN3OS2/c1-4-30-23-14(9-10-31-23)20-15(13-26)22(27)28(17-8-6-5-7-16(17)25)18-11-24(2,3)12-19(29)21(18)20/h5-10,20H,4,11-12,27H2,1-3H3/t20-/m0/s1. The molecule has 2 N–H and O–H groups in total. The molecule has 0 spiro atoms. The van der Waals surface area contributed by atoms with E-state index in [-0.39, 0.29) is 22.7 Å². The number of Topliss-reactive ketones (excluding diaryl/α,β-unsaturated/α-hetero) is 1. The fraction of sp³-hybridized carbons (Fsp3) is 0.333. The summed E-state index contributed by atoms with van der Waals surface area (Å²) in [5.74, 6) is 0.112. The van der Waals surface area contributed by atoms with E-state index in [0.717, 1.165) is 15.5 Å². The topological polar surface area (TPSA) is 70.1 Å². The van der Waals surface area contributed by atoms with E-state index in [0.29, 0.717) is 29.7 Å². The first-order chi connectivity index (χ1) is 14.8. The summed E-state index contributed by atoms with van der Waals surface area (Å²) in [6.45, 7) is 6.14. The van der Waals surface area contributed by atoms with Gasteiger partial charge in [0.1, 0.15) is 11.6 Å². The van der Waals surface area contributed by atoms with Crippen molar-refractivity contribution in [3.8, 4) is 6.07 Å². The number of hydrogen-bond donors (Lipinski definition) is 1. The van der Waals surface area contributed by atoms with Crippen molar-refractivity contribution in [1.82, 2.24) is 0 Å². The van der Waals surface area contributed by atoms with Gasteiger partial charge in [-0.3, -0.25) is 9.69 Å². The van der Waals surface area contributed by atoms with Crippen LogP contribution < -0.4 is 10.6 Å². The number of nitrogens with two attached hydrogens (primary N) is 1. The smallest absolute Gasteiger partial charge is 0.162 e. The molecule has 2 aromatic rings. The maximum absolute atomic E-state index is 14.9. The van der Waals surface area contributed by atoms with Gasteiger partial charge in [0.05, 0.1) is 27.5 Å². The zero-order valence-corrected chi connectivity index (χ0v) is 19.4. The van der Waals surface area contributed by atoms with Crippen molar-refractivity contribution in [3.05, 3.63) is 69.8 Å². The van der Waals surface area contributed by atoms with Gasteiger partial charge in [0.2, 0.25) is 0 Å². The maximum Gasteiger partial charge on any atom is 0.162 e. The molecule has 4 rings (SSSR count). The van der Waals surface area contributed by atoms with Crippen molar-refractivity contribution >= 4 is 34.6 Å². The lowest BCUT2D eigenvalue weighted by Gasteiger charge is -2.43. The van der Waals surface area contributed by atoms with Gasteiger partial charge in [-0.05, 0) is 46.7 Å². The second kappa shape index (κ2) is 8.18. The van der Waals surface area contributed by atoms with Crippen LogP contribution in [0.15, 0.2) is 62.6 Å². The number of rotatable bonds is 4. The van der Waals surface area contributed by atoms with E-state index in [1.807, 2.05) is 25.3 Å². The number of ketones is 1. The summed E-state index contributed by atoms with van der Waals surface area (Å²) < 4.78 is 15.9. The highest BCUT2D eigenvalue weighted by molar-refractivity contribution is 8.01. The summed E-state index contributed by atoms with van der Waals surface area (Å²) in [4.78, 5) is 15.1. The fourth-order valence-electron chi connectivity index (χ4n) is 4.50. The molecular formula is C24H24FN3OS2. The normalized spacial score (nSPS) is 20.7. The number of allylic oxidation sites excluding steroid dienone is 3. The molecule has 160 valence electrons. The molecule has 0 saturated carbocycles. The van der Waals surface area contributed by atoms with E-state index < -0.39 is 11.7 Å². The lowest BCUT2D eigenvalue weighted by molar-refractivity contribution is -0.118. The highest BCUT2D eigenvalue weighted by atomic mass is 32.2. The molecule has 0 bridgehead atoms. The molecule has 4 nitrogen and oxygen atoms in total. The van der Waals surface area contributed by atoms with Gasteiger partial charge in [0.15, 0.2) is 5.78 Å². The third kappa shape index (κ3) is 3.68. The SMILES string of the molecule is CCSc1sccc1[C@H]1C(C#N)=C(N)N(c2ccccc2F)C2=C1C(=O)CC(C)(C)C2. The Labute approximate surface area is 190 Å². The number of nitriles is 1.